The van der Waals surface area contributed by atoms with Gasteiger partial charge in [-0.25, -0.2) is 0 Å². The third-order valence-electron chi connectivity index (χ3n) is 6.63. The van der Waals surface area contributed by atoms with Crippen molar-refractivity contribution in [3.05, 3.63) is 89.0 Å². The zero-order chi connectivity index (χ0) is 28.5. The molecule has 0 saturated carbocycles. The predicted octanol–water partition coefficient (Wildman–Crippen LogP) is 10.6. The van der Waals surface area contributed by atoms with Crippen molar-refractivity contribution in [2.24, 2.45) is 0 Å². The van der Waals surface area contributed by atoms with Crippen LogP contribution in [0.4, 0.5) is 0 Å². The maximum absolute atomic E-state index is 6.56. The van der Waals surface area contributed by atoms with Gasteiger partial charge in [-0.2, -0.15) is 0 Å². The zero-order valence-electron chi connectivity index (χ0n) is 25.5. The molecule has 3 aromatic rings. The van der Waals surface area contributed by atoms with Crippen LogP contribution in [0.3, 0.4) is 0 Å². The molecular formula is C34H47O3P. The van der Waals surface area contributed by atoms with Crippen LogP contribution < -0.4 is 13.6 Å². The third kappa shape index (κ3) is 8.00. The average Bonchev–Trinajstić information content (AvgIpc) is 2.77. The van der Waals surface area contributed by atoms with Gasteiger partial charge >= 0.3 is 8.60 Å². The highest BCUT2D eigenvalue weighted by atomic mass is 31.2. The lowest BCUT2D eigenvalue weighted by molar-refractivity contribution is 0.382. The molecule has 0 fully saturated rings. The second-order valence-electron chi connectivity index (χ2n) is 14.3. The van der Waals surface area contributed by atoms with E-state index in [1.54, 1.807) is 0 Å². The van der Waals surface area contributed by atoms with Crippen LogP contribution >= 0.6 is 8.60 Å². The molecule has 0 unspecified atom stereocenters. The lowest BCUT2D eigenvalue weighted by Crippen LogP contribution is -2.17. The van der Waals surface area contributed by atoms with Gasteiger partial charge in [0.1, 0.15) is 17.2 Å². The van der Waals surface area contributed by atoms with Gasteiger partial charge in [-0.3, -0.25) is 0 Å². The van der Waals surface area contributed by atoms with E-state index in [0.29, 0.717) is 0 Å². The van der Waals surface area contributed by atoms with E-state index in [9.17, 15) is 0 Å². The molecule has 0 spiro atoms. The number of hydrogen-bond donors (Lipinski definition) is 0. The largest absolute Gasteiger partial charge is 0.530 e. The van der Waals surface area contributed by atoms with Crippen LogP contribution in [0.1, 0.15) is 105 Å². The van der Waals surface area contributed by atoms with E-state index in [1.807, 2.05) is 24.3 Å². The van der Waals surface area contributed by atoms with Crippen LogP contribution in [0.5, 0.6) is 17.2 Å². The predicted molar refractivity (Wildman–Crippen MR) is 163 cm³/mol. The molecule has 38 heavy (non-hydrogen) atoms. The highest BCUT2D eigenvalue weighted by Gasteiger charge is 2.28. The zero-order valence-corrected chi connectivity index (χ0v) is 26.4. The van der Waals surface area contributed by atoms with Gasteiger partial charge in [-0.15, -0.1) is 0 Å². The van der Waals surface area contributed by atoms with E-state index in [4.69, 9.17) is 13.6 Å². The molecule has 0 N–H and O–H groups in total. The van der Waals surface area contributed by atoms with Gasteiger partial charge in [-0.05, 0) is 68.7 Å². The lowest BCUT2D eigenvalue weighted by Gasteiger charge is -2.28. The fourth-order valence-electron chi connectivity index (χ4n) is 4.00. The van der Waals surface area contributed by atoms with E-state index < -0.39 is 8.60 Å². The maximum atomic E-state index is 6.56. The van der Waals surface area contributed by atoms with E-state index in [0.717, 1.165) is 22.8 Å². The van der Waals surface area contributed by atoms with Crippen molar-refractivity contribution in [1.82, 2.24) is 0 Å². The Morgan fingerprint density at radius 3 is 1.13 bits per heavy atom. The SMILES string of the molecule is CC(C)(C)c1ccc(OP(Oc2ccc(C(C)(C)C)cc2)Oc2ccc(C(C)(C)C)cc2C(C)(C)C)cc1. The topological polar surface area (TPSA) is 27.7 Å². The normalized spacial score (nSPS) is 13.0. The quantitative estimate of drug-likeness (QED) is 0.294. The molecule has 206 valence electrons. The fraction of sp³-hybridized carbons (Fsp3) is 0.471. The van der Waals surface area contributed by atoms with Gasteiger partial charge < -0.3 is 13.6 Å². The molecule has 0 radical (unpaired) electrons. The second kappa shape index (κ2) is 10.9. The van der Waals surface area contributed by atoms with Gasteiger partial charge in [0.15, 0.2) is 0 Å². The maximum Gasteiger partial charge on any atom is 0.530 e. The molecule has 0 aliphatic rings. The van der Waals surface area contributed by atoms with Crippen LogP contribution in [0, 0.1) is 0 Å². The summed E-state index contributed by atoms with van der Waals surface area (Å²) >= 11 is 0. The first-order valence-corrected chi connectivity index (χ1v) is 14.6. The van der Waals surface area contributed by atoms with E-state index in [1.165, 1.54) is 16.7 Å². The minimum Gasteiger partial charge on any atom is -0.409 e. The summed E-state index contributed by atoms with van der Waals surface area (Å²) in [5, 5.41) is 0. The Balaban J connectivity index is 1.97. The van der Waals surface area contributed by atoms with Crippen molar-refractivity contribution in [2.75, 3.05) is 0 Å². The Labute approximate surface area is 232 Å². The third-order valence-corrected chi connectivity index (χ3v) is 7.69. The van der Waals surface area contributed by atoms with Gasteiger partial charge in [0, 0.05) is 5.56 Å². The molecule has 4 heteroatoms. The summed E-state index contributed by atoms with van der Waals surface area (Å²) < 4.78 is 19.3. The van der Waals surface area contributed by atoms with Crippen molar-refractivity contribution >= 4 is 8.60 Å². The fourth-order valence-corrected chi connectivity index (χ4v) is 5.02. The first-order valence-electron chi connectivity index (χ1n) is 13.5. The number of benzene rings is 3. The Hall–Kier alpha value is -2.51. The summed E-state index contributed by atoms with van der Waals surface area (Å²) in [6.45, 7) is 26.6. The summed E-state index contributed by atoms with van der Waals surface area (Å²) in [5.74, 6) is 2.23. The second-order valence-corrected chi connectivity index (χ2v) is 15.3. The molecule has 3 nitrogen and oxygen atoms in total. The minimum absolute atomic E-state index is 0.0415. The Kier molecular flexibility index (Phi) is 8.64. The molecule has 0 aliphatic heterocycles. The smallest absolute Gasteiger partial charge is 0.409 e. The molecule has 0 saturated heterocycles. The van der Waals surface area contributed by atoms with Gasteiger partial charge in [0.25, 0.3) is 0 Å². The standard InChI is InChI=1S/C34H47O3P/c1-31(2,3)24-13-18-27(19-14-24)35-38(36-28-20-15-25(16-21-28)32(4,5)6)37-30-22-17-26(33(7,8)9)23-29(30)34(10,11)12/h13-23H,1-12H3. The summed E-state index contributed by atoms with van der Waals surface area (Å²) in [6.07, 6.45) is 0. The van der Waals surface area contributed by atoms with Gasteiger partial charge in [-0.1, -0.05) is 119 Å². The molecule has 3 rings (SSSR count). The molecule has 3 aromatic carbocycles. The Bertz CT molecular complexity index is 1140. The van der Waals surface area contributed by atoms with E-state index >= 15 is 0 Å². The van der Waals surface area contributed by atoms with Crippen LogP contribution in [-0.4, -0.2) is 0 Å². The molecule has 0 atom stereocenters. The molecule has 0 heterocycles. The molecule has 0 aromatic heterocycles. The molecule has 0 aliphatic carbocycles. The van der Waals surface area contributed by atoms with Crippen LogP contribution in [-0.2, 0) is 21.7 Å². The van der Waals surface area contributed by atoms with Gasteiger partial charge in [0.05, 0.1) is 0 Å². The van der Waals surface area contributed by atoms with E-state index in [2.05, 4.69) is 126 Å². The van der Waals surface area contributed by atoms with Gasteiger partial charge in [0.2, 0.25) is 0 Å². The highest BCUT2D eigenvalue weighted by molar-refractivity contribution is 7.43. The molecule has 0 bridgehead atoms. The lowest BCUT2D eigenvalue weighted by atomic mass is 9.80. The van der Waals surface area contributed by atoms with Crippen molar-refractivity contribution in [1.29, 1.82) is 0 Å². The van der Waals surface area contributed by atoms with Crippen molar-refractivity contribution in [2.45, 2.75) is 105 Å². The Morgan fingerprint density at radius 2 is 0.789 bits per heavy atom. The summed E-state index contributed by atoms with van der Waals surface area (Å²) in [6, 6.07) is 22.9. The average molecular weight is 535 g/mol. The first kappa shape index (κ1) is 30.0. The number of rotatable bonds is 6. The summed E-state index contributed by atoms with van der Waals surface area (Å²) in [4.78, 5) is 0. The Morgan fingerprint density at radius 1 is 0.421 bits per heavy atom. The minimum atomic E-state index is -1.77. The summed E-state index contributed by atoms with van der Waals surface area (Å²) in [5.41, 5.74) is 4.98. The first-order chi connectivity index (χ1) is 17.3. The van der Waals surface area contributed by atoms with Crippen molar-refractivity contribution in [3.8, 4) is 17.2 Å². The monoisotopic (exact) mass is 534 g/mol. The summed E-state index contributed by atoms with van der Waals surface area (Å²) in [7, 11) is -1.77. The molecule has 0 amide bonds. The number of hydrogen-bond acceptors (Lipinski definition) is 3. The highest BCUT2D eigenvalue weighted by Crippen LogP contribution is 2.46. The van der Waals surface area contributed by atoms with E-state index in [-0.39, 0.29) is 21.7 Å². The molecular weight excluding hydrogens is 487 g/mol. The van der Waals surface area contributed by atoms with Crippen LogP contribution in [0.25, 0.3) is 0 Å². The van der Waals surface area contributed by atoms with Crippen LogP contribution in [0.2, 0.25) is 0 Å². The van der Waals surface area contributed by atoms with Crippen molar-refractivity contribution in [3.63, 3.8) is 0 Å². The van der Waals surface area contributed by atoms with Crippen molar-refractivity contribution < 1.29 is 13.6 Å². The van der Waals surface area contributed by atoms with Crippen LogP contribution in [0.15, 0.2) is 66.7 Å².